The average Bonchev–Trinajstić information content (AvgIpc) is 2.14. The maximum absolute atomic E-state index is 9.38. The van der Waals surface area contributed by atoms with Crippen LogP contribution in [0.2, 0.25) is 0 Å². The van der Waals surface area contributed by atoms with Gasteiger partial charge in [-0.25, -0.2) is 0 Å². The van der Waals surface area contributed by atoms with Crippen LogP contribution in [-0.4, -0.2) is 48.8 Å². The summed E-state index contributed by atoms with van der Waals surface area (Å²) >= 11 is 0. The topological polar surface area (TPSA) is 35.5 Å². The Kier molecular flexibility index (Phi) is 4.35. The summed E-state index contributed by atoms with van der Waals surface area (Å²) in [7, 11) is 0. The Morgan fingerprint density at radius 2 is 1.86 bits per heavy atom. The van der Waals surface area contributed by atoms with Gasteiger partial charge in [0, 0.05) is 32.2 Å². The Hall–Kier alpha value is -0.120. The Balaban J connectivity index is 2.43. The largest absolute Gasteiger partial charge is 0.395 e. The molecule has 0 radical (unpaired) electrons. The summed E-state index contributed by atoms with van der Waals surface area (Å²) in [6.07, 6.45) is 1.07. The van der Waals surface area contributed by atoms with Gasteiger partial charge in [-0.3, -0.25) is 4.90 Å². The maximum Gasteiger partial charge on any atom is 0.0587 e. The number of hydrogen-bond acceptors (Lipinski definition) is 3. The summed E-state index contributed by atoms with van der Waals surface area (Å²) in [5.74, 6) is 0. The van der Waals surface area contributed by atoms with E-state index >= 15 is 0 Å². The van der Waals surface area contributed by atoms with Crippen molar-refractivity contribution in [2.75, 3.05) is 32.8 Å². The summed E-state index contributed by atoms with van der Waals surface area (Å²) in [5.41, 5.74) is 0.304. The minimum Gasteiger partial charge on any atom is -0.395 e. The number of hydrogen-bond donors (Lipinski definition) is 2. The first-order valence-electron chi connectivity index (χ1n) is 5.58. The summed E-state index contributed by atoms with van der Waals surface area (Å²) in [4.78, 5) is 2.40. The van der Waals surface area contributed by atoms with Crippen molar-refractivity contribution in [1.82, 2.24) is 10.2 Å². The predicted octanol–water partition coefficient (Wildman–Crippen LogP) is 0.689. The van der Waals surface area contributed by atoms with Crippen LogP contribution in [0.3, 0.4) is 0 Å². The van der Waals surface area contributed by atoms with Crippen molar-refractivity contribution >= 4 is 0 Å². The molecule has 0 aromatic heterocycles. The third kappa shape index (κ3) is 3.95. The Bertz CT molecular complexity index is 159. The molecule has 1 rings (SSSR count). The van der Waals surface area contributed by atoms with E-state index in [0.717, 1.165) is 32.6 Å². The zero-order valence-corrected chi connectivity index (χ0v) is 9.71. The monoisotopic (exact) mass is 200 g/mol. The van der Waals surface area contributed by atoms with Crippen LogP contribution in [0.15, 0.2) is 0 Å². The molecule has 0 aliphatic carbocycles. The highest BCUT2D eigenvalue weighted by atomic mass is 16.3. The lowest BCUT2D eigenvalue weighted by molar-refractivity contribution is 0.0805. The molecule has 1 aliphatic rings. The quantitative estimate of drug-likeness (QED) is 0.703. The molecule has 0 amide bonds. The fourth-order valence-electron chi connectivity index (χ4n) is 2.06. The van der Waals surface area contributed by atoms with Crippen LogP contribution in [0.1, 0.15) is 27.2 Å². The standard InChI is InChI=1S/C11H24N2O/c1-11(2,3)8-10(9-14)13-6-4-12-5-7-13/h10,12,14H,4-9H2,1-3H3. The van der Waals surface area contributed by atoms with Crippen molar-refractivity contribution in [1.29, 1.82) is 0 Å². The zero-order valence-electron chi connectivity index (χ0n) is 9.71. The Labute approximate surface area is 87.5 Å². The number of aliphatic hydroxyl groups is 1. The Morgan fingerprint density at radius 1 is 1.29 bits per heavy atom. The molecular weight excluding hydrogens is 176 g/mol. The average molecular weight is 200 g/mol. The fraction of sp³-hybridized carbons (Fsp3) is 1.00. The second-order valence-electron chi connectivity index (χ2n) is 5.39. The van der Waals surface area contributed by atoms with Gasteiger partial charge < -0.3 is 10.4 Å². The van der Waals surface area contributed by atoms with Gasteiger partial charge in [0.05, 0.1) is 6.61 Å². The molecule has 2 N–H and O–H groups in total. The van der Waals surface area contributed by atoms with E-state index in [2.05, 4.69) is 31.0 Å². The van der Waals surface area contributed by atoms with E-state index in [1.165, 1.54) is 0 Å². The smallest absolute Gasteiger partial charge is 0.0587 e. The molecule has 1 atom stereocenters. The second kappa shape index (κ2) is 5.10. The highest BCUT2D eigenvalue weighted by Crippen LogP contribution is 2.23. The fourth-order valence-corrected chi connectivity index (χ4v) is 2.06. The number of nitrogens with zero attached hydrogens (tertiary/aromatic N) is 1. The highest BCUT2D eigenvalue weighted by molar-refractivity contribution is 4.80. The van der Waals surface area contributed by atoms with Crippen molar-refractivity contribution in [3.8, 4) is 0 Å². The van der Waals surface area contributed by atoms with Crippen molar-refractivity contribution in [2.24, 2.45) is 5.41 Å². The van der Waals surface area contributed by atoms with E-state index in [4.69, 9.17) is 0 Å². The second-order valence-corrected chi connectivity index (χ2v) is 5.39. The molecule has 0 aromatic carbocycles. The first-order chi connectivity index (χ1) is 6.53. The van der Waals surface area contributed by atoms with Crippen LogP contribution in [0, 0.1) is 5.41 Å². The number of nitrogens with one attached hydrogen (secondary N) is 1. The van der Waals surface area contributed by atoms with Crippen molar-refractivity contribution in [3.63, 3.8) is 0 Å². The molecule has 84 valence electrons. The molecule has 0 aromatic rings. The maximum atomic E-state index is 9.38. The number of piperazine rings is 1. The van der Waals surface area contributed by atoms with Gasteiger partial charge in [-0.05, 0) is 11.8 Å². The minimum atomic E-state index is 0.289. The molecule has 3 nitrogen and oxygen atoms in total. The molecule has 1 heterocycles. The molecule has 1 aliphatic heterocycles. The zero-order chi connectivity index (χ0) is 10.6. The van der Waals surface area contributed by atoms with Crippen LogP contribution < -0.4 is 5.32 Å². The lowest BCUT2D eigenvalue weighted by atomic mass is 9.87. The molecule has 1 saturated heterocycles. The van der Waals surface area contributed by atoms with Crippen molar-refractivity contribution < 1.29 is 5.11 Å². The van der Waals surface area contributed by atoms with Crippen LogP contribution in [0.25, 0.3) is 0 Å². The van der Waals surface area contributed by atoms with Crippen LogP contribution >= 0.6 is 0 Å². The SMILES string of the molecule is CC(C)(C)CC(CO)N1CCNCC1. The Morgan fingerprint density at radius 3 is 2.29 bits per heavy atom. The highest BCUT2D eigenvalue weighted by Gasteiger charge is 2.24. The van der Waals surface area contributed by atoms with Gasteiger partial charge in [-0.2, -0.15) is 0 Å². The number of rotatable bonds is 3. The van der Waals surface area contributed by atoms with Gasteiger partial charge in [0.1, 0.15) is 0 Å². The van der Waals surface area contributed by atoms with Crippen LogP contribution in [-0.2, 0) is 0 Å². The van der Waals surface area contributed by atoms with E-state index in [9.17, 15) is 5.11 Å². The van der Waals surface area contributed by atoms with Gasteiger partial charge in [-0.15, -0.1) is 0 Å². The first kappa shape index (κ1) is 12.0. The molecule has 3 heteroatoms. The van der Waals surface area contributed by atoms with E-state index in [-0.39, 0.29) is 6.61 Å². The van der Waals surface area contributed by atoms with E-state index < -0.39 is 0 Å². The molecule has 1 fully saturated rings. The third-order valence-electron chi connectivity index (χ3n) is 2.73. The molecule has 0 spiro atoms. The summed E-state index contributed by atoms with van der Waals surface area (Å²) in [5, 5.41) is 12.7. The van der Waals surface area contributed by atoms with Gasteiger partial charge in [0.25, 0.3) is 0 Å². The van der Waals surface area contributed by atoms with Crippen LogP contribution in [0.5, 0.6) is 0 Å². The van der Waals surface area contributed by atoms with Crippen LogP contribution in [0.4, 0.5) is 0 Å². The van der Waals surface area contributed by atoms with Gasteiger partial charge >= 0.3 is 0 Å². The molecular formula is C11H24N2O. The first-order valence-corrected chi connectivity index (χ1v) is 5.58. The van der Waals surface area contributed by atoms with Gasteiger partial charge in [0.2, 0.25) is 0 Å². The summed E-state index contributed by atoms with van der Waals surface area (Å²) in [6.45, 7) is 11.2. The lowest BCUT2D eigenvalue weighted by Gasteiger charge is -2.37. The number of aliphatic hydroxyl groups excluding tert-OH is 1. The molecule has 0 saturated carbocycles. The van der Waals surface area contributed by atoms with E-state index in [0.29, 0.717) is 11.5 Å². The molecule has 0 bridgehead atoms. The van der Waals surface area contributed by atoms with E-state index in [1.807, 2.05) is 0 Å². The van der Waals surface area contributed by atoms with E-state index in [1.54, 1.807) is 0 Å². The third-order valence-corrected chi connectivity index (χ3v) is 2.73. The van der Waals surface area contributed by atoms with Gasteiger partial charge in [-0.1, -0.05) is 20.8 Å². The minimum absolute atomic E-state index is 0.289. The normalized spacial score (nSPS) is 22.3. The predicted molar refractivity (Wildman–Crippen MR) is 59.4 cm³/mol. The molecule has 1 unspecified atom stereocenters. The van der Waals surface area contributed by atoms with Crippen molar-refractivity contribution in [3.05, 3.63) is 0 Å². The van der Waals surface area contributed by atoms with Crippen molar-refractivity contribution in [2.45, 2.75) is 33.2 Å². The summed E-state index contributed by atoms with van der Waals surface area (Å²) in [6, 6.07) is 0.345. The summed E-state index contributed by atoms with van der Waals surface area (Å²) < 4.78 is 0. The lowest BCUT2D eigenvalue weighted by Crippen LogP contribution is -2.50. The molecule has 14 heavy (non-hydrogen) atoms. The van der Waals surface area contributed by atoms with Gasteiger partial charge in [0.15, 0.2) is 0 Å².